The van der Waals surface area contributed by atoms with Crippen LogP contribution in [0.4, 0.5) is 0 Å². The van der Waals surface area contributed by atoms with Gasteiger partial charge < -0.3 is 12.9 Å². The second kappa shape index (κ2) is 19.6. The number of hydrogen-bond donors (Lipinski definition) is 0. The van der Waals surface area contributed by atoms with Crippen LogP contribution in [0.1, 0.15) is 0 Å². The summed E-state index contributed by atoms with van der Waals surface area (Å²) in [6.45, 7) is 0. The van der Waals surface area contributed by atoms with Crippen LogP contribution in [0.15, 0.2) is 0 Å². The minimum Gasteiger partial charge on any atom is -0.412 e. The molecule has 0 aromatic rings. The average molecular weight is 509 g/mol. The van der Waals surface area contributed by atoms with E-state index in [0.717, 1.165) is 0 Å². The van der Waals surface area contributed by atoms with Gasteiger partial charge in [-0.2, -0.15) is 0 Å². The fourth-order valence-corrected chi connectivity index (χ4v) is 0. The first-order valence-electron chi connectivity index (χ1n) is 0. The van der Waals surface area contributed by atoms with Crippen molar-refractivity contribution in [2.24, 2.45) is 0 Å². The van der Waals surface area contributed by atoms with Crippen LogP contribution in [0.3, 0.4) is 0 Å². The van der Waals surface area contributed by atoms with Crippen molar-refractivity contribution in [1.82, 2.24) is 0 Å². The van der Waals surface area contributed by atoms with E-state index < -0.39 is 0 Å². The maximum absolute atomic E-state index is 0. The van der Waals surface area contributed by atoms with Gasteiger partial charge in [-0.3, -0.25) is 0 Å². The normalized spacial score (nSPS) is 0. The van der Waals surface area contributed by atoms with E-state index in [0.29, 0.717) is 0 Å². The molecule has 3 heteroatoms. The third kappa shape index (κ3) is 8.96. The molecule has 1 nitrogen and oxygen atoms in total. The summed E-state index contributed by atoms with van der Waals surface area (Å²) in [5.74, 6) is 0. The molecule has 0 bridgehead atoms. The van der Waals surface area contributed by atoms with Crippen LogP contribution in [0.5, 0.6) is 0 Å². The van der Waals surface area contributed by atoms with Crippen molar-refractivity contribution in [3.63, 3.8) is 0 Å². The van der Waals surface area contributed by atoms with E-state index in [1.165, 1.54) is 0 Å². The summed E-state index contributed by atoms with van der Waals surface area (Å²) in [5, 5.41) is 0. The monoisotopic (exact) mass is 509 g/mol. The predicted octanol–water partition coefficient (Wildman–Crippen LogP) is -0.374. The van der Waals surface area contributed by atoms with Crippen LogP contribution >= 0.6 is 0 Å². The van der Waals surface area contributed by atoms with Crippen molar-refractivity contribution in [2.75, 3.05) is 0 Å². The molecule has 0 spiro atoms. The molecule has 0 unspecified atom stereocenters. The summed E-state index contributed by atoms with van der Waals surface area (Å²) in [6, 6.07) is 0. The first kappa shape index (κ1) is 36.5. The molecular formula is CH5OU2-. The molecular weight excluding hydrogens is 504 g/mol. The van der Waals surface area contributed by atoms with E-state index in [1.54, 1.807) is 0 Å². The van der Waals surface area contributed by atoms with Gasteiger partial charge in [0.1, 0.15) is 0 Å². The van der Waals surface area contributed by atoms with Gasteiger partial charge in [0.2, 0.25) is 0 Å². The van der Waals surface area contributed by atoms with Gasteiger partial charge in [-0.1, -0.05) is 0 Å². The molecule has 0 saturated carbocycles. The summed E-state index contributed by atoms with van der Waals surface area (Å²) in [6.07, 6.45) is 0. The standard InChI is InChI=1S/CH3.H2O.2U/h1H3;1H2;;/q-1;;;. The molecule has 0 radical (unpaired) electrons. The van der Waals surface area contributed by atoms with Crippen molar-refractivity contribution in [1.29, 1.82) is 0 Å². The largest absolute Gasteiger partial charge is 0.412 e. The molecule has 0 aromatic heterocycles. The molecule has 4 heavy (non-hydrogen) atoms. The molecule has 24 valence electrons. The maximum Gasteiger partial charge on any atom is 0 e. The molecule has 0 aromatic carbocycles. The molecule has 0 rings (SSSR count). The Morgan fingerprint density at radius 1 is 0.750 bits per heavy atom. The van der Waals surface area contributed by atoms with Crippen LogP contribution in [0.2, 0.25) is 0 Å². The van der Waals surface area contributed by atoms with E-state index in [4.69, 9.17) is 0 Å². The summed E-state index contributed by atoms with van der Waals surface area (Å²) in [5.41, 5.74) is 0. The van der Waals surface area contributed by atoms with Gasteiger partial charge >= 0.3 is 0 Å². The summed E-state index contributed by atoms with van der Waals surface area (Å²) < 4.78 is 0. The second-order valence-corrected chi connectivity index (χ2v) is 0. The Balaban J connectivity index is 0. The van der Waals surface area contributed by atoms with Crippen LogP contribution in [-0.4, -0.2) is 5.48 Å². The molecule has 0 aliphatic carbocycles. The third-order valence-electron chi connectivity index (χ3n) is 0. The molecule has 0 amide bonds. The SMILES string of the molecule is O.[CH3-].[U].[U]. The molecule has 0 fully saturated rings. The van der Waals surface area contributed by atoms with E-state index in [-0.39, 0.29) is 75.1 Å². The van der Waals surface area contributed by atoms with Crippen LogP contribution in [-0.2, 0) is 0 Å². The van der Waals surface area contributed by atoms with Gasteiger partial charge in [-0.15, -0.1) is 0 Å². The quantitative estimate of drug-likeness (QED) is 0.400. The van der Waals surface area contributed by atoms with E-state index in [9.17, 15) is 0 Å². The van der Waals surface area contributed by atoms with Crippen molar-refractivity contribution in [3.05, 3.63) is 7.43 Å². The van der Waals surface area contributed by atoms with Gasteiger partial charge in [0.25, 0.3) is 0 Å². The summed E-state index contributed by atoms with van der Waals surface area (Å²) in [7, 11) is 0. The number of hydrogen-bond acceptors (Lipinski definition) is 0. The predicted molar refractivity (Wildman–Crippen MR) is 10.0 cm³/mol. The van der Waals surface area contributed by atoms with Gasteiger partial charge in [0.15, 0.2) is 0 Å². The van der Waals surface area contributed by atoms with Gasteiger partial charge in [0.05, 0.1) is 0 Å². The Morgan fingerprint density at radius 3 is 0.750 bits per heavy atom. The van der Waals surface area contributed by atoms with Crippen molar-refractivity contribution >= 4 is 0 Å². The Labute approximate surface area is 74.0 Å². The first-order chi connectivity index (χ1) is 0. The van der Waals surface area contributed by atoms with Gasteiger partial charge in [-0.05, 0) is 0 Å². The summed E-state index contributed by atoms with van der Waals surface area (Å²) >= 11 is 0. The van der Waals surface area contributed by atoms with Gasteiger partial charge in [-0.25, -0.2) is 0 Å². The van der Waals surface area contributed by atoms with Crippen LogP contribution < -0.4 is 0 Å². The van der Waals surface area contributed by atoms with Crippen molar-refractivity contribution < 1.29 is 67.7 Å². The Morgan fingerprint density at radius 2 is 0.750 bits per heavy atom. The Kier molecular flexibility index (Phi) is 179. The van der Waals surface area contributed by atoms with Gasteiger partial charge in [0, 0.05) is 62.2 Å². The summed E-state index contributed by atoms with van der Waals surface area (Å²) in [4.78, 5) is 0. The minimum absolute atomic E-state index is 0. The molecule has 0 aliphatic heterocycles. The first-order valence-corrected chi connectivity index (χ1v) is 0. The zero-order valence-electron chi connectivity index (χ0n) is 2.50. The minimum atomic E-state index is 0. The fraction of sp³-hybridized carbons (Fsp3) is 0. The molecule has 0 aliphatic rings. The van der Waals surface area contributed by atoms with Crippen molar-refractivity contribution in [2.45, 2.75) is 0 Å². The topological polar surface area (TPSA) is 31.5 Å². The molecule has 2 N–H and O–H groups in total. The van der Waals surface area contributed by atoms with E-state index >= 15 is 0 Å². The Bertz CT molecular complexity index is 6.00. The Hall–Kier alpha value is 2.06. The van der Waals surface area contributed by atoms with Crippen molar-refractivity contribution in [3.8, 4) is 0 Å². The molecule has 0 heterocycles. The third-order valence-corrected chi connectivity index (χ3v) is 0. The van der Waals surface area contributed by atoms with Crippen LogP contribution in [0.25, 0.3) is 0 Å². The smallest absolute Gasteiger partial charge is 0 e. The molecule has 0 atom stereocenters. The van der Waals surface area contributed by atoms with Crippen LogP contribution in [0, 0.1) is 69.7 Å². The second-order valence-electron chi connectivity index (χ2n) is 0. The van der Waals surface area contributed by atoms with E-state index in [1.807, 2.05) is 0 Å². The fourth-order valence-electron chi connectivity index (χ4n) is 0. The maximum atomic E-state index is 0. The number of rotatable bonds is 0. The zero-order valence-corrected chi connectivity index (χ0v) is 10.8. The average Bonchev–Trinajstić information content (AvgIpc) is 0. The zero-order chi connectivity index (χ0) is 0. The molecule has 0 saturated heterocycles. The van der Waals surface area contributed by atoms with E-state index in [2.05, 4.69) is 0 Å².